The lowest BCUT2D eigenvalue weighted by Gasteiger charge is -2.20. The van der Waals surface area contributed by atoms with Gasteiger partial charge < -0.3 is 19.9 Å². The van der Waals surface area contributed by atoms with E-state index in [1.165, 1.54) is 0 Å². The molecule has 128 valence electrons. The van der Waals surface area contributed by atoms with E-state index in [1.807, 2.05) is 13.0 Å². The van der Waals surface area contributed by atoms with Crippen LogP contribution in [-0.2, 0) is 9.59 Å². The van der Waals surface area contributed by atoms with Crippen LogP contribution in [0.1, 0.15) is 24.9 Å². The molecular formula is C16H24N2O5. The summed E-state index contributed by atoms with van der Waals surface area (Å²) in [6.45, 7) is 2.30. The van der Waals surface area contributed by atoms with Crippen molar-refractivity contribution in [1.82, 2.24) is 10.2 Å². The Balaban J connectivity index is 2.66. The van der Waals surface area contributed by atoms with Crippen molar-refractivity contribution in [1.29, 1.82) is 0 Å². The second-order valence-electron chi connectivity index (χ2n) is 5.28. The number of ether oxygens (including phenoxy) is 2. The van der Waals surface area contributed by atoms with Crippen molar-refractivity contribution < 1.29 is 24.2 Å². The van der Waals surface area contributed by atoms with Crippen molar-refractivity contribution in [2.75, 3.05) is 34.4 Å². The van der Waals surface area contributed by atoms with Gasteiger partial charge in [0.25, 0.3) is 0 Å². The molecule has 1 atom stereocenters. The summed E-state index contributed by atoms with van der Waals surface area (Å²) in [6, 6.07) is 5.13. The first-order valence-electron chi connectivity index (χ1n) is 7.29. The van der Waals surface area contributed by atoms with Crippen LogP contribution in [0.15, 0.2) is 18.2 Å². The lowest BCUT2D eigenvalue weighted by atomic mass is 10.1. The molecule has 2 N–H and O–H groups in total. The molecule has 1 unspecified atom stereocenters. The van der Waals surface area contributed by atoms with Crippen molar-refractivity contribution in [3.63, 3.8) is 0 Å². The Kier molecular flexibility index (Phi) is 7.34. The second-order valence-corrected chi connectivity index (χ2v) is 5.28. The molecule has 0 bridgehead atoms. The number of carbonyl (C=O) groups excluding carboxylic acids is 1. The molecule has 0 fully saturated rings. The molecule has 1 rings (SSSR count). The number of carbonyl (C=O) groups is 2. The number of amides is 1. The average Bonchev–Trinajstić information content (AvgIpc) is 2.51. The van der Waals surface area contributed by atoms with Crippen molar-refractivity contribution in [2.45, 2.75) is 19.4 Å². The monoisotopic (exact) mass is 324 g/mol. The molecule has 0 saturated heterocycles. The van der Waals surface area contributed by atoms with E-state index in [9.17, 15) is 9.59 Å². The van der Waals surface area contributed by atoms with Crippen molar-refractivity contribution in [3.8, 4) is 11.5 Å². The molecule has 0 heterocycles. The molecule has 0 aliphatic heterocycles. The average molecular weight is 324 g/mol. The Hall–Kier alpha value is -2.28. The standard InChI is InChI=1S/C16H24N2O5/c1-11(13-9-12(22-3)5-6-14(13)23-4)17-15(19)10-18(2)8-7-16(20)21/h5-6,9,11H,7-8,10H2,1-4H3,(H,17,19)(H,20,21). The fraction of sp³-hybridized carbons (Fsp3) is 0.500. The fourth-order valence-corrected chi connectivity index (χ4v) is 2.15. The number of carboxylic acids is 1. The quantitative estimate of drug-likeness (QED) is 0.711. The zero-order valence-electron chi connectivity index (χ0n) is 14.0. The van der Waals surface area contributed by atoms with E-state index >= 15 is 0 Å². The van der Waals surface area contributed by atoms with Gasteiger partial charge in [-0.2, -0.15) is 0 Å². The summed E-state index contributed by atoms with van der Waals surface area (Å²) < 4.78 is 10.5. The van der Waals surface area contributed by atoms with Crippen LogP contribution >= 0.6 is 0 Å². The van der Waals surface area contributed by atoms with Crippen LogP contribution in [0.4, 0.5) is 0 Å². The van der Waals surface area contributed by atoms with Gasteiger partial charge in [0.1, 0.15) is 11.5 Å². The highest BCUT2D eigenvalue weighted by atomic mass is 16.5. The third-order valence-electron chi connectivity index (χ3n) is 3.40. The van der Waals surface area contributed by atoms with E-state index in [1.54, 1.807) is 38.3 Å². The molecule has 0 saturated carbocycles. The molecule has 1 amide bonds. The molecule has 0 aliphatic carbocycles. The zero-order chi connectivity index (χ0) is 17.4. The number of carboxylic acid groups (broad SMARTS) is 1. The van der Waals surface area contributed by atoms with Crippen LogP contribution in [0.25, 0.3) is 0 Å². The first-order chi connectivity index (χ1) is 10.9. The van der Waals surface area contributed by atoms with Gasteiger partial charge in [-0.1, -0.05) is 0 Å². The number of hydrogen-bond acceptors (Lipinski definition) is 5. The van der Waals surface area contributed by atoms with Gasteiger partial charge in [0.2, 0.25) is 5.91 Å². The predicted molar refractivity (Wildman–Crippen MR) is 85.9 cm³/mol. The molecule has 7 nitrogen and oxygen atoms in total. The smallest absolute Gasteiger partial charge is 0.304 e. The molecule has 1 aromatic rings. The Morgan fingerprint density at radius 2 is 2.00 bits per heavy atom. The van der Waals surface area contributed by atoms with Crippen LogP contribution in [0.5, 0.6) is 11.5 Å². The van der Waals surface area contributed by atoms with E-state index in [0.717, 1.165) is 5.56 Å². The van der Waals surface area contributed by atoms with Crippen LogP contribution in [0.3, 0.4) is 0 Å². The number of rotatable bonds is 9. The molecule has 0 aromatic heterocycles. The van der Waals surface area contributed by atoms with Crippen LogP contribution < -0.4 is 14.8 Å². The Bertz CT molecular complexity index is 547. The predicted octanol–water partition coefficient (Wildman–Crippen LogP) is 1.29. The summed E-state index contributed by atoms with van der Waals surface area (Å²) in [7, 11) is 4.85. The Morgan fingerprint density at radius 1 is 1.30 bits per heavy atom. The normalized spacial score (nSPS) is 11.9. The Labute approximate surface area is 136 Å². The van der Waals surface area contributed by atoms with Gasteiger partial charge in [0.05, 0.1) is 33.2 Å². The molecule has 0 radical (unpaired) electrons. The summed E-state index contributed by atoms with van der Waals surface area (Å²) in [6.07, 6.45) is 0.00302. The minimum Gasteiger partial charge on any atom is -0.497 e. The number of likely N-dealkylation sites (N-methyl/N-ethyl adjacent to an activating group) is 1. The lowest BCUT2D eigenvalue weighted by Crippen LogP contribution is -2.37. The number of aliphatic carboxylic acids is 1. The minimum absolute atomic E-state index is 0.00302. The van der Waals surface area contributed by atoms with E-state index in [2.05, 4.69) is 5.32 Å². The van der Waals surface area contributed by atoms with Gasteiger partial charge in [-0.05, 0) is 32.2 Å². The minimum atomic E-state index is -0.883. The summed E-state index contributed by atoms with van der Waals surface area (Å²) >= 11 is 0. The van der Waals surface area contributed by atoms with Gasteiger partial charge in [0.15, 0.2) is 0 Å². The van der Waals surface area contributed by atoms with Gasteiger partial charge in [-0.25, -0.2) is 0 Å². The molecule has 7 heteroatoms. The van der Waals surface area contributed by atoms with Gasteiger partial charge in [0, 0.05) is 12.1 Å². The topological polar surface area (TPSA) is 88.1 Å². The molecule has 23 heavy (non-hydrogen) atoms. The van der Waals surface area contributed by atoms with Gasteiger partial charge >= 0.3 is 5.97 Å². The van der Waals surface area contributed by atoms with Crippen LogP contribution in [-0.4, -0.2) is 56.2 Å². The maximum Gasteiger partial charge on any atom is 0.304 e. The molecule has 1 aromatic carbocycles. The number of nitrogens with one attached hydrogen (secondary N) is 1. The summed E-state index contributed by atoms with van der Waals surface area (Å²) in [5.74, 6) is 0.278. The number of methoxy groups -OCH3 is 2. The van der Waals surface area contributed by atoms with Gasteiger partial charge in [-0.15, -0.1) is 0 Å². The first-order valence-corrected chi connectivity index (χ1v) is 7.29. The summed E-state index contributed by atoms with van der Waals surface area (Å²) in [5.41, 5.74) is 0.813. The molecule has 0 spiro atoms. The number of benzene rings is 1. The third kappa shape index (κ3) is 6.15. The van der Waals surface area contributed by atoms with E-state index in [-0.39, 0.29) is 24.9 Å². The maximum atomic E-state index is 12.1. The van der Waals surface area contributed by atoms with Crippen molar-refractivity contribution in [2.24, 2.45) is 0 Å². The highest BCUT2D eigenvalue weighted by molar-refractivity contribution is 5.78. The van der Waals surface area contributed by atoms with Crippen LogP contribution in [0.2, 0.25) is 0 Å². The van der Waals surface area contributed by atoms with E-state index in [0.29, 0.717) is 18.0 Å². The summed E-state index contributed by atoms with van der Waals surface area (Å²) in [4.78, 5) is 24.3. The van der Waals surface area contributed by atoms with E-state index in [4.69, 9.17) is 14.6 Å². The number of hydrogen-bond donors (Lipinski definition) is 2. The van der Waals surface area contributed by atoms with Crippen LogP contribution in [0, 0.1) is 0 Å². The number of nitrogens with zero attached hydrogens (tertiary/aromatic N) is 1. The Morgan fingerprint density at radius 3 is 2.57 bits per heavy atom. The highest BCUT2D eigenvalue weighted by Crippen LogP contribution is 2.29. The SMILES string of the molecule is COc1ccc(OC)c(C(C)NC(=O)CN(C)CCC(=O)O)c1. The molecular weight excluding hydrogens is 300 g/mol. The second kappa shape index (κ2) is 8.99. The fourth-order valence-electron chi connectivity index (χ4n) is 2.15. The first kappa shape index (κ1) is 18.8. The highest BCUT2D eigenvalue weighted by Gasteiger charge is 2.16. The van der Waals surface area contributed by atoms with E-state index < -0.39 is 5.97 Å². The van der Waals surface area contributed by atoms with Crippen molar-refractivity contribution >= 4 is 11.9 Å². The zero-order valence-corrected chi connectivity index (χ0v) is 14.0. The third-order valence-corrected chi connectivity index (χ3v) is 3.40. The van der Waals surface area contributed by atoms with Gasteiger partial charge in [-0.3, -0.25) is 14.5 Å². The molecule has 0 aliphatic rings. The summed E-state index contributed by atoms with van der Waals surface area (Å²) in [5, 5.41) is 11.5. The largest absolute Gasteiger partial charge is 0.497 e. The lowest BCUT2D eigenvalue weighted by molar-refractivity contribution is -0.137. The van der Waals surface area contributed by atoms with Crippen molar-refractivity contribution in [3.05, 3.63) is 23.8 Å². The maximum absolute atomic E-state index is 12.1.